The summed E-state index contributed by atoms with van der Waals surface area (Å²) in [6.45, 7) is 5.35. The number of hydrogen-bond donors (Lipinski definition) is 1. The fourth-order valence-electron chi connectivity index (χ4n) is 4.34. The summed E-state index contributed by atoms with van der Waals surface area (Å²) in [4.78, 5) is 17.2. The lowest BCUT2D eigenvalue weighted by molar-refractivity contribution is 0.0543. The second kappa shape index (κ2) is 7.83. The SMILES string of the molecule is COc1cc2c(cc1OC)CN(C1CCCN(C(=O)c3cc(C)[nH]n3)C1)CC2. The molecular weight excluding hydrogens is 356 g/mol. The molecule has 0 radical (unpaired) electrons. The molecule has 1 aromatic heterocycles. The van der Waals surface area contributed by atoms with Crippen molar-refractivity contribution >= 4 is 5.91 Å². The molecule has 0 saturated carbocycles. The molecule has 3 heterocycles. The number of carbonyl (C=O) groups is 1. The largest absolute Gasteiger partial charge is 0.493 e. The number of benzene rings is 1. The number of carbonyl (C=O) groups excluding carboxylic acids is 1. The van der Waals surface area contributed by atoms with Gasteiger partial charge in [0, 0.05) is 37.9 Å². The van der Waals surface area contributed by atoms with Crippen LogP contribution in [0.5, 0.6) is 11.5 Å². The summed E-state index contributed by atoms with van der Waals surface area (Å²) in [5.41, 5.74) is 4.04. The number of piperidine rings is 1. The summed E-state index contributed by atoms with van der Waals surface area (Å²) in [5, 5.41) is 7.00. The molecule has 1 unspecified atom stereocenters. The van der Waals surface area contributed by atoms with Crippen LogP contribution in [0, 0.1) is 6.92 Å². The van der Waals surface area contributed by atoms with Gasteiger partial charge in [-0.05, 0) is 55.5 Å². The lowest BCUT2D eigenvalue weighted by Gasteiger charge is -2.41. The molecular formula is C21H28N4O3. The van der Waals surface area contributed by atoms with Gasteiger partial charge in [0.2, 0.25) is 0 Å². The van der Waals surface area contributed by atoms with Crippen LogP contribution in [0.4, 0.5) is 0 Å². The van der Waals surface area contributed by atoms with Crippen molar-refractivity contribution < 1.29 is 14.3 Å². The van der Waals surface area contributed by atoms with Gasteiger partial charge in [0.15, 0.2) is 11.5 Å². The molecule has 0 spiro atoms. The predicted molar refractivity (Wildman–Crippen MR) is 106 cm³/mol. The number of methoxy groups -OCH3 is 2. The molecule has 4 rings (SSSR count). The molecule has 7 nitrogen and oxygen atoms in total. The van der Waals surface area contributed by atoms with Gasteiger partial charge >= 0.3 is 0 Å². The van der Waals surface area contributed by atoms with Crippen LogP contribution in [0.15, 0.2) is 18.2 Å². The molecule has 2 aliphatic heterocycles. The molecule has 1 N–H and O–H groups in total. The summed E-state index contributed by atoms with van der Waals surface area (Å²) in [6.07, 6.45) is 3.12. The van der Waals surface area contributed by atoms with Gasteiger partial charge in [-0.15, -0.1) is 0 Å². The van der Waals surface area contributed by atoms with Gasteiger partial charge in [-0.25, -0.2) is 0 Å². The number of aromatic nitrogens is 2. The first-order chi connectivity index (χ1) is 13.6. The number of ether oxygens (including phenoxy) is 2. The third-order valence-electron chi connectivity index (χ3n) is 5.87. The van der Waals surface area contributed by atoms with E-state index in [0.29, 0.717) is 11.7 Å². The first-order valence-electron chi connectivity index (χ1n) is 9.88. The Balaban J connectivity index is 1.47. The summed E-state index contributed by atoms with van der Waals surface area (Å²) in [5.74, 6) is 1.59. The number of aryl methyl sites for hydroxylation is 1. The maximum Gasteiger partial charge on any atom is 0.274 e. The first kappa shape index (κ1) is 18.8. The Labute approximate surface area is 165 Å². The van der Waals surface area contributed by atoms with Crippen LogP contribution in [-0.2, 0) is 13.0 Å². The minimum atomic E-state index is 0.0258. The van der Waals surface area contributed by atoms with Gasteiger partial charge in [-0.2, -0.15) is 5.10 Å². The number of nitrogens with one attached hydrogen (secondary N) is 1. The van der Waals surface area contributed by atoms with Crippen molar-refractivity contribution in [2.24, 2.45) is 0 Å². The normalized spacial score (nSPS) is 20.0. The molecule has 1 aromatic carbocycles. The average Bonchev–Trinajstić information content (AvgIpc) is 3.18. The van der Waals surface area contributed by atoms with Crippen molar-refractivity contribution in [3.63, 3.8) is 0 Å². The fourth-order valence-corrected chi connectivity index (χ4v) is 4.34. The number of rotatable bonds is 4. The molecule has 1 atom stereocenters. The van der Waals surface area contributed by atoms with Crippen molar-refractivity contribution in [2.45, 2.75) is 38.8 Å². The van der Waals surface area contributed by atoms with Gasteiger partial charge in [-0.1, -0.05) is 0 Å². The number of likely N-dealkylation sites (tertiary alicyclic amines) is 1. The molecule has 2 aliphatic rings. The summed E-state index contributed by atoms with van der Waals surface area (Å²) in [6, 6.07) is 6.39. The van der Waals surface area contributed by atoms with E-state index in [1.165, 1.54) is 11.1 Å². The third kappa shape index (κ3) is 3.58. The standard InChI is InChI=1S/C21H28N4O3/c1-14-9-18(23-22-14)21(26)25-7-4-5-17(13-25)24-8-6-15-10-19(27-2)20(28-3)11-16(15)12-24/h9-11,17H,4-8,12-13H2,1-3H3,(H,22,23). The summed E-state index contributed by atoms with van der Waals surface area (Å²) >= 11 is 0. The second-order valence-corrected chi connectivity index (χ2v) is 7.68. The number of hydrogen-bond acceptors (Lipinski definition) is 5. The monoisotopic (exact) mass is 384 g/mol. The van der Waals surface area contributed by atoms with Crippen LogP contribution in [0.25, 0.3) is 0 Å². The number of H-pyrrole nitrogens is 1. The van der Waals surface area contributed by atoms with Crippen LogP contribution in [0.3, 0.4) is 0 Å². The van der Waals surface area contributed by atoms with Crippen molar-refractivity contribution in [1.82, 2.24) is 20.0 Å². The highest BCUT2D eigenvalue weighted by molar-refractivity contribution is 5.92. The zero-order valence-electron chi connectivity index (χ0n) is 16.8. The Morgan fingerprint density at radius 2 is 1.89 bits per heavy atom. The van der Waals surface area contributed by atoms with Gasteiger partial charge in [-0.3, -0.25) is 14.8 Å². The molecule has 1 amide bonds. The van der Waals surface area contributed by atoms with E-state index in [-0.39, 0.29) is 5.91 Å². The number of fused-ring (bicyclic) bond motifs is 1. The van der Waals surface area contributed by atoms with Crippen molar-refractivity contribution in [1.29, 1.82) is 0 Å². The molecule has 2 aromatic rings. The Kier molecular flexibility index (Phi) is 5.26. The Morgan fingerprint density at radius 1 is 1.14 bits per heavy atom. The van der Waals surface area contributed by atoms with E-state index in [2.05, 4.69) is 27.2 Å². The molecule has 150 valence electrons. The van der Waals surface area contributed by atoms with E-state index in [9.17, 15) is 4.79 Å². The minimum Gasteiger partial charge on any atom is -0.493 e. The smallest absolute Gasteiger partial charge is 0.274 e. The highest BCUT2D eigenvalue weighted by Crippen LogP contribution is 2.34. The minimum absolute atomic E-state index is 0.0258. The predicted octanol–water partition coefficient (Wildman–Crippen LogP) is 2.40. The lowest BCUT2D eigenvalue weighted by atomic mass is 9.95. The number of amides is 1. The van der Waals surface area contributed by atoms with Crippen LogP contribution >= 0.6 is 0 Å². The quantitative estimate of drug-likeness (QED) is 0.877. The van der Waals surface area contributed by atoms with Crippen molar-refractivity contribution in [3.8, 4) is 11.5 Å². The molecule has 0 aliphatic carbocycles. The Bertz CT molecular complexity index is 863. The van der Waals surface area contributed by atoms with Crippen molar-refractivity contribution in [3.05, 3.63) is 40.7 Å². The van der Waals surface area contributed by atoms with E-state index in [1.54, 1.807) is 14.2 Å². The van der Waals surface area contributed by atoms with Crippen LogP contribution in [0.2, 0.25) is 0 Å². The third-order valence-corrected chi connectivity index (χ3v) is 5.87. The molecule has 1 fully saturated rings. The van der Waals surface area contributed by atoms with Gasteiger partial charge in [0.1, 0.15) is 5.69 Å². The highest BCUT2D eigenvalue weighted by Gasteiger charge is 2.31. The van der Waals surface area contributed by atoms with Gasteiger partial charge in [0.05, 0.1) is 14.2 Å². The van der Waals surface area contributed by atoms with Gasteiger partial charge < -0.3 is 14.4 Å². The van der Waals surface area contributed by atoms with E-state index in [4.69, 9.17) is 9.47 Å². The van der Waals surface area contributed by atoms with Gasteiger partial charge in [0.25, 0.3) is 5.91 Å². The first-order valence-corrected chi connectivity index (χ1v) is 9.88. The Hall–Kier alpha value is -2.54. The summed E-state index contributed by atoms with van der Waals surface area (Å²) in [7, 11) is 3.35. The van der Waals surface area contributed by atoms with Crippen LogP contribution in [0.1, 0.15) is 40.2 Å². The average molecular weight is 384 g/mol. The number of aromatic amines is 1. The van der Waals surface area contributed by atoms with Crippen molar-refractivity contribution in [2.75, 3.05) is 33.9 Å². The summed E-state index contributed by atoms with van der Waals surface area (Å²) < 4.78 is 10.9. The van der Waals surface area contributed by atoms with E-state index < -0.39 is 0 Å². The number of nitrogens with zero attached hydrogens (tertiary/aromatic N) is 3. The van der Waals surface area contributed by atoms with E-state index >= 15 is 0 Å². The highest BCUT2D eigenvalue weighted by atomic mass is 16.5. The second-order valence-electron chi connectivity index (χ2n) is 7.68. The maximum atomic E-state index is 12.8. The zero-order valence-corrected chi connectivity index (χ0v) is 16.8. The topological polar surface area (TPSA) is 70.7 Å². The zero-order chi connectivity index (χ0) is 19.7. The van der Waals surface area contributed by atoms with E-state index in [0.717, 1.165) is 62.6 Å². The maximum absolute atomic E-state index is 12.8. The van der Waals surface area contributed by atoms with Crippen LogP contribution < -0.4 is 9.47 Å². The molecule has 0 bridgehead atoms. The van der Waals surface area contributed by atoms with Crippen LogP contribution in [-0.4, -0.2) is 65.8 Å². The lowest BCUT2D eigenvalue weighted by Crippen LogP contribution is -2.51. The molecule has 7 heteroatoms. The molecule has 28 heavy (non-hydrogen) atoms. The molecule has 1 saturated heterocycles. The fraction of sp³-hybridized carbons (Fsp3) is 0.524. The Morgan fingerprint density at radius 3 is 2.57 bits per heavy atom. The van der Waals surface area contributed by atoms with E-state index in [1.807, 2.05) is 17.9 Å².